The molecule has 17 heavy (non-hydrogen) atoms. The lowest BCUT2D eigenvalue weighted by Crippen LogP contribution is -2.19. The molecule has 0 aromatic heterocycles. The second kappa shape index (κ2) is 10.3. The van der Waals surface area contributed by atoms with Crippen LogP contribution in [0.1, 0.15) is 40.5 Å². The largest absolute Gasteiger partial charge is 0.463 e. The van der Waals surface area contributed by atoms with Gasteiger partial charge >= 0.3 is 5.97 Å². The molecule has 0 fully saturated rings. The van der Waals surface area contributed by atoms with Gasteiger partial charge in [0.25, 0.3) is 0 Å². The highest BCUT2D eigenvalue weighted by Gasteiger charge is 2.12. The molecular weight excluding hydrogens is 220 g/mol. The van der Waals surface area contributed by atoms with E-state index in [9.17, 15) is 4.79 Å². The number of carbonyl (C=O) groups is 1. The third-order valence-electron chi connectivity index (χ3n) is 2.10. The fourth-order valence-electron chi connectivity index (χ4n) is 1.23. The first-order valence-electron chi connectivity index (χ1n) is 6.23. The normalized spacial score (nSPS) is 11.9. The second-order valence-corrected chi connectivity index (χ2v) is 3.65. The summed E-state index contributed by atoms with van der Waals surface area (Å²) in [6.45, 7) is 9.18. The van der Waals surface area contributed by atoms with Crippen molar-refractivity contribution in [3.05, 3.63) is 11.6 Å². The first-order valence-corrected chi connectivity index (χ1v) is 6.23. The Morgan fingerprint density at radius 3 is 2.24 bits per heavy atom. The highest BCUT2D eigenvalue weighted by molar-refractivity contribution is 5.82. The Balaban J connectivity index is 4.21. The summed E-state index contributed by atoms with van der Waals surface area (Å²) in [5.74, 6) is -0.333. The van der Waals surface area contributed by atoms with Crippen LogP contribution in [-0.2, 0) is 19.0 Å². The smallest absolute Gasteiger partial charge is 0.330 e. The molecule has 0 N–H and O–H groups in total. The number of rotatable bonds is 9. The quantitative estimate of drug-likeness (QED) is 0.271. The molecule has 0 saturated carbocycles. The number of esters is 1. The summed E-state index contributed by atoms with van der Waals surface area (Å²) in [4.78, 5) is 11.4. The number of unbranched alkanes of at least 4 members (excludes halogenated alkanes) is 1. The lowest BCUT2D eigenvalue weighted by atomic mass is 10.2. The molecule has 4 nitrogen and oxygen atoms in total. The van der Waals surface area contributed by atoms with Crippen LogP contribution in [-0.4, -0.2) is 32.1 Å². The van der Waals surface area contributed by atoms with E-state index < -0.39 is 6.29 Å². The minimum atomic E-state index is -0.455. The molecule has 0 amide bonds. The first kappa shape index (κ1) is 16.1. The molecule has 0 atom stereocenters. The van der Waals surface area contributed by atoms with Crippen molar-refractivity contribution >= 4 is 5.97 Å². The van der Waals surface area contributed by atoms with Crippen LogP contribution < -0.4 is 0 Å². The van der Waals surface area contributed by atoms with Crippen molar-refractivity contribution in [3.63, 3.8) is 0 Å². The standard InChI is InChI=1S/C13H24O4/c1-5-8-9-17-12(14)10-11(4)13(15-6-2)16-7-3/h10,13H,5-9H2,1-4H3/b11-10+. The number of carbonyl (C=O) groups excluding carboxylic acids is 1. The summed E-state index contributed by atoms with van der Waals surface area (Å²) in [6, 6.07) is 0. The van der Waals surface area contributed by atoms with E-state index in [1.165, 1.54) is 6.08 Å². The van der Waals surface area contributed by atoms with Crippen molar-refractivity contribution in [3.8, 4) is 0 Å². The minimum Gasteiger partial charge on any atom is -0.463 e. The predicted octanol–water partition coefficient (Wildman–Crippen LogP) is 2.68. The Labute approximate surface area is 104 Å². The molecule has 0 rings (SSSR count). The van der Waals surface area contributed by atoms with Crippen LogP contribution >= 0.6 is 0 Å². The van der Waals surface area contributed by atoms with Crippen molar-refractivity contribution < 1.29 is 19.0 Å². The molecule has 0 aromatic carbocycles. The van der Waals surface area contributed by atoms with Gasteiger partial charge in [-0.05, 0) is 32.8 Å². The van der Waals surface area contributed by atoms with Crippen molar-refractivity contribution in [1.82, 2.24) is 0 Å². The van der Waals surface area contributed by atoms with Crippen LogP contribution in [0.4, 0.5) is 0 Å². The van der Waals surface area contributed by atoms with Crippen LogP contribution in [0.3, 0.4) is 0 Å². The van der Waals surface area contributed by atoms with Crippen LogP contribution in [0.5, 0.6) is 0 Å². The van der Waals surface area contributed by atoms with Gasteiger partial charge in [-0.1, -0.05) is 13.3 Å². The van der Waals surface area contributed by atoms with Gasteiger partial charge in [-0.3, -0.25) is 0 Å². The molecule has 0 aliphatic carbocycles. The average Bonchev–Trinajstić information content (AvgIpc) is 2.29. The van der Waals surface area contributed by atoms with E-state index >= 15 is 0 Å². The van der Waals surface area contributed by atoms with Gasteiger partial charge in [0, 0.05) is 19.3 Å². The fourth-order valence-corrected chi connectivity index (χ4v) is 1.23. The maximum Gasteiger partial charge on any atom is 0.330 e. The molecular formula is C13H24O4. The minimum absolute atomic E-state index is 0.333. The molecule has 0 heterocycles. The van der Waals surface area contributed by atoms with Crippen molar-refractivity contribution in [2.75, 3.05) is 19.8 Å². The van der Waals surface area contributed by atoms with E-state index in [1.54, 1.807) is 6.92 Å². The molecule has 100 valence electrons. The van der Waals surface area contributed by atoms with E-state index in [0.29, 0.717) is 19.8 Å². The van der Waals surface area contributed by atoms with Crippen LogP contribution in [0.2, 0.25) is 0 Å². The predicted molar refractivity (Wildman–Crippen MR) is 66.7 cm³/mol. The molecule has 0 aliphatic heterocycles. The Kier molecular flexibility index (Phi) is 9.77. The van der Waals surface area contributed by atoms with Gasteiger partial charge in [-0.2, -0.15) is 0 Å². The lowest BCUT2D eigenvalue weighted by molar-refractivity contribution is -0.139. The zero-order chi connectivity index (χ0) is 13.1. The maximum absolute atomic E-state index is 11.4. The number of ether oxygens (including phenoxy) is 3. The van der Waals surface area contributed by atoms with Crippen LogP contribution in [0.25, 0.3) is 0 Å². The highest BCUT2D eigenvalue weighted by Crippen LogP contribution is 2.08. The Bertz CT molecular complexity index is 230. The Hall–Kier alpha value is -0.870. The fraction of sp³-hybridized carbons (Fsp3) is 0.769. The molecule has 0 aromatic rings. The number of hydrogen-bond acceptors (Lipinski definition) is 4. The molecule has 0 radical (unpaired) electrons. The zero-order valence-electron chi connectivity index (χ0n) is 11.3. The summed E-state index contributed by atoms with van der Waals surface area (Å²) in [5, 5.41) is 0. The van der Waals surface area contributed by atoms with Crippen molar-refractivity contribution in [2.24, 2.45) is 0 Å². The van der Waals surface area contributed by atoms with E-state index in [1.807, 2.05) is 13.8 Å². The third kappa shape index (κ3) is 7.94. The van der Waals surface area contributed by atoms with Gasteiger partial charge < -0.3 is 14.2 Å². The van der Waals surface area contributed by atoms with E-state index in [4.69, 9.17) is 14.2 Å². The summed E-state index contributed by atoms with van der Waals surface area (Å²) >= 11 is 0. The first-order chi connectivity index (χ1) is 8.15. The van der Waals surface area contributed by atoms with Gasteiger partial charge in [0.05, 0.1) is 6.61 Å². The summed E-state index contributed by atoms with van der Waals surface area (Å²) in [6.07, 6.45) is 2.88. The van der Waals surface area contributed by atoms with Gasteiger partial charge in [0.1, 0.15) is 0 Å². The van der Waals surface area contributed by atoms with Gasteiger partial charge in [0.15, 0.2) is 6.29 Å². The average molecular weight is 244 g/mol. The summed E-state index contributed by atoms with van der Waals surface area (Å²) in [7, 11) is 0. The van der Waals surface area contributed by atoms with Crippen molar-refractivity contribution in [1.29, 1.82) is 0 Å². The zero-order valence-corrected chi connectivity index (χ0v) is 11.3. The molecule has 0 bridgehead atoms. The molecule has 0 spiro atoms. The van der Waals surface area contributed by atoms with Gasteiger partial charge in [0.2, 0.25) is 0 Å². The third-order valence-corrected chi connectivity index (χ3v) is 2.10. The summed E-state index contributed by atoms with van der Waals surface area (Å²) in [5.41, 5.74) is 0.732. The monoisotopic (exact) mass is 244 g/mol. The second-order valence-electron chi connectivity index (χ2n) is 3.65. The van der Waals surface area contributed by atoms with Crippen LogP contribution in [0.15, 0.2) is 11.6 Å². The van der Waals surface area contributed by atoms with Crippen LogP contribution in [0, 0.1) is 0 Å². The highest BCUT2D eigenvalue weighted by atomic mass is 16.7. The number of hydrogen-bond donors (Lipinski definition) is 0. The SMILES string of the molecule is CCCCOC(=O)/C=C(\C)C(OCC)OCC. The van der Waals surface area contributed by atoms with Gasteiger partial charge in [-0.15, -0.1) is 0 Å². The van der Waals surface area contributed by atoms with E-state index in [2.05, 4.69) is 6.92 Å². The van der Waals surface area contributed by atoms with E-state index in [-0.39, 0.29) is 5.97 Å². The topological polar surface area (TPSA) is 44.8 Å². The van der Waals surface area contributed by atoms with Crippen molar-refractivity contribution in [2.45, 2.75) is 46.8 Å². The molecule has 0 unspecified atom stereocenters. The Morgan fingerprint density at radius 1 is 1.18 bits per heavy atom. The van der Waals surface area contributed by atoms with Gasteiger partial charge in [-0.25, -0.2) is 4.79 Å². The molecule has 0 aliphatic rings. The lowest BCUT2D eigenvalue weighted by Gasteiger charge is -2.17. The maximum atomic E-state index is 11.4. The summed E-state index contributed by atoms with van der Waals surface area (Å²) < 4.78 is 15.8. The molecule has 4 heteroatoms. The molecule has 0 saturated heterocycles. The Morgan fingerprint density at radius 2 is 1.76 bits per heavy atom. The van der Waals surface area contributed by atoms with E-state index in [0.717, 1.165) is 18.4 Å².